The summed E-state index contributed by atoms with van der Waals surface area (Å²) in [6.45, 7) is 2.76. The lowest BCUT2D eigenvalue weighted by Crippen LogP contribution is -2.52. The predicted molar refractivity (Wildman–Crippen MR) is 94.4 cm³/mol. The van der Waals surface area contributed by atoms with E-state index in [1.54, 1.807) is 17.0 Å². The summed E-state index contributed by atoms with van der Waals surface area (Å²) in [5.41, 5.74) is 2.11. The Morgan fingerprint density at radius 3 is 2.67 bits per heavy atom. The molecule has 1 N–H and O–H groups in total. The highest BCUT2D eigenvalue weighted by molar-refractivity contribution is 6.36. The molecule has 0 bridgehead atoms. The molecule has 124 valence electrons. The largest absolute Gasteiger partial charge is 0.352 e. The van der Waals surface area contributed by atoms with Crippen molar-refractivity contribution in [3.8, 4) is 0 Å². The molecule has 0 aromatic heterocycles. The van der Waals surface area contributed by atoms with Gasteiger partial charge in [0.05, 0.1) is 10.6 Å². The molecular weight excluding hydrogens is 347 g/mol. The van der Waals surface area contributed by atoms with Gasteiger partial charge in [-0.2, -0.15) is 0 Å². The molecule has 0 saturated carbocycles. The minimum Gasteiger partial charge on any atom is -0.352 e. The predicted octanol–water partition coefficient (Wildman–Crippen LogP) is 3.62. The molecule has 6 heteroatoms. The summed E-state index contributed by atoms with van der Waals surface area (Å²) >= 11 is 12.1. The van der Waals surface area contributed by atoms with Crippen LogP contribution in [-0.2, 0) is 4.79 Å². The molecule has 1 saturated heterocycles. The Labute approximate surface area is 150 Å². The number of rotatable bonds is 2. The molecule has 1 aliphatic rings. The molecule has 2 amide bonds. The van der Waals surface area contributed by atoms with Crippen molar-refractivity contribution in [1.82, 2.24) is 10.2 Å². The number of benzene rings is 2. The number of carbonyl (C=O) groups excluding carboxylic acids is 2. The van der Waals surface area contributed by atoms with E-state index in [1.807, 2.05) is 31.2 Å². The average Bonchev–Trinajstić information content (AvgIpc) is 2.55. The normalized spacial score (nSPS) is 17.5. The van der Waals surface area contributed by atoms with Crippen LogP contribution in [0.5, 0.6) is 0 Å². The van der Waals surface area contributed by atoms with Crippen LogP contribution in [-0.4, -0.2) is 29.8 Å². The van der Waals surface area contributed by atoms with Gasteiger partial charge in [0.2, 0.25) is 5.91 Å². The molecule has 0 spiro atoms. The molecule has 1 atom stereocenters. The quantitative estimate of drug-likeness (QED) is 0.886. The Bertz CT molecular complexity index is 807. The molecule has 1 fully saturated rings. The summed E-state index contributed by atoms with van der Waals surface area (Å²) in [5, 5.41) is 3.57. The SMILES string of the molecule is Cc1ccccc1C1C(=O)NCCN1C(=O)c1ccc(Cl)cc1Cl. The molecule has 24 heavy (non-hydrogen) atoms. The lowest BCUT2D eigenvalue weighted by Gasteiger charge is -2.36. The highest BCUT2D eigenvalue weighted by Crippen LogP contribution is 2.30. The van der Waals surface area contributed by atoms with Crippen LogP contribution < -0.4 is 5.32 Å². The van der Waals surface area contributed by atoms with Crippen molar-refractivity contribution in [2.45, 2.75) is 13.0 Å². The van der Waals surface area contributed by atoms with E-state index < -0.39 is 6.04 Å². The van der Waals surface area contributed by atoms with E-state index in [0.717, 1.165) is 11.1 Å². The fraction of sp³-hybridized carbons (Fsp3) is 0.222. The minimum atomic E-state index is -0.667. The first-order chi connectivity index (χ1) is 11.5. The van der Waals surface area contributed by atoms with E-state index in [4.69, 9.17) is 23.2 Å². The van der Waals surface area contributed by atoms with Gasteiger partial charge in [-0.25, -0.2) is 0 Å². The molecule has 0 aliphatic carbocycles. The lowest BCUT2D eigenvalue weighted by atomic mass is 9.97. The zero-order valence-electron chi connectivity index (χ0n) is 13.1. The number of aryl methyl sites for hydroxylation is 1. The van der Waals surface area contributed by atoms with Crippen molar-refractivity contribution in [1.29, 1.82) is 0 Å². The second kappa shape index (κ2) is 6.83. The molecule has 2 aromatic carbocycles. The first-order valence-electron chi connectivity index (χ1n) is 7.58. The first kappa shape index (κ1) is 16.8. The summed E-state index contributed by atoms with van der Waals surface area (Å²) in [4.78, 5) is 27.0. The third-order valence-electron chi connectivity index (χ3n) is 4.12. The minimum absolute atomic E-state index is 0.186. The number of carbonyl (C=O) groups is 2. The van der Waals surface area contributed by atoms with Crippen LogP contribution in [0.4, 0.5) is 0 Å². The van der Waals surface area contributed by atoms with Crippen molar-refractivity contribution >= 4 is 35.0 Å². The molecule has 0 radical (unpaired) electrons. The highest BCUT2D eigenvalue weighted by atomic mass is 35.5. The van der Waals surface area contributed by atoms with Gasteiger partial charge in [0.25, 0.3) is 5.91 Å². The fourth-order valence-electron chi connectivity index (χ4n) is 2.91. The van der Waals surface area contributed by atoms with Crippen molar-refractivity contribution in [2.75, 3.05) is 13.1 Å². The Morgan fingerprint density at radius 1 is 1.21 bits per heavy atom. The van der Waals surface area contributed by atoms with E-state index in [2.05, 4.69) is 5.32 Å². The third kappa shape index (κ3) is 3.12. The highest BCUT2D eigenvalue weighted by Gasteiger charge is 2.36. The Kier molecular flexibility index (Phi) is 4.78. The second-order valence-corrected chi connectivity index (χ2v) is 6.52. The van der Waals surface area contributed by atoms with Crippen molar-refractivity contribution in [2.24, 2.45) is 0 Å². The zero-order valence-corrected chi connectivity index (χ0v) is 14.6. The topological polar surface area (TPSA) is 49.4 Å². The number of hydrogen-bond acceptors (Lipinski definition) is 2. The molecule has 1 heterocycles. The fourth-order valence-corrected chi connectivity index (χ4v) is 3.40. The van der Waals surface area contributed by atoms with E-state index in [-0.39, 0.29) is 16.8 Å². The molecule has 3 rings (SSSR count). The van der Waals surface area contributed by atoms with Gasteiger partial charge in [0, 0.05) is 18.1 Å². The van der Waals surface area contributed by atoms with Crippen LogP contribution in [0.15, 0.2) is 42.5 Å². The van der Waals surface area contributed by atoms with E-state index in [9.17, 15) is 9.59 Å². The smallest absolute Gasteiger partial charge is 0.256 e. The molecule has 1 unspecified atom stereocenters. The standard InChI is InChI=1S/C18H16Cl2N2O2/c1-11-4-2-3-5-13(11)16-17(23)21-8-9-22(16)18(24)14-7-6-12(19)10-15(14)20/h2-7,10,16H,8-9H2,1H3,(H,21,23). The van der Waals surface area contributed by atoms with Gasteiger partial charge in [0.1, 0.15) is 6.04 Å². The Balaban J connectivity index is 2.02. The summed E-state index contributed by atoms with van der Waals surface area (Å²) in [7, 11) is 0. The first-order valence-corrected chi connectivity index (χ1v) is 8.34. The van der Waals surface area contributed by atoms with Crippen molar-refractivity contribution in [3.05, 3.63) is 69.2 Å². The van der Waals surface area contributed by atoms with Crippen molar-refractivity contribution in [3.63, 3.8) is 0 Å². The van der Waals surface area contributed by atoms with Crippen LogP contribution in [0.2, 0.25) is 10.0 Å². The maximum absolute atomic E-state index is 13.0. The summed E-state index contributed by atoms with van der Waals surface area (Å²) < 4.78 is 0. The summed E-state index contributed by atoms with van der Waals surface area (Å²) in [6, 6.07) is 11.6. The van der Waals surface area contributed by atoms with Crippen LogP contribution >= 0.6 is 23.2 Å². The zero-order chi connectivity index (χ0) is 17.3. The number of nitrogens with zero attached hydrogens (tertiary/aromatic N) is 1. The molecule has 4 nitrogen and oxygen atoms in total. The summed E-state index contributed by atoms with van der Waals surface area (Å²) in [6.07, 6.45) is 0. The van der Waals surface area contributed by atoms with Crippen LogP contribution in [0.3, 0.4) is 0 Å². The second-order valence-electron chi connectivity index (χ2n) is 5.67. The maximum Gasteiger partial charge on any atom is 0.256 e. The number of nitrogens with one attached hydrogen (secondary N) is 1. The number of halogens is 2. The Hall–Kier alpha value is -2.04. The molecule has 2 aromatic rings. The van der Waals surface area contributed by atoms with Gasteiger partial charge >= 0.3 is 0 Å². The molecule has 1 aliphatic heterocycles. The number of amides is 2. The maximum atomic E-state index is 13.0. The van der Waals surface area contributed by atoms with E-state index >= 15 is 0 Å². The van der Waals surface area contributed by atoms with E-state index in [0.29, 0.717) is 23.7 Å². The van der Waals surface area contributed by atoms with Gasteiger partial charge in [-0.1, -0.05) is 47.5 Å². The van der Waals surface area contributed by atoms with Gasteiger partial charge < -0.3 is 10.2 Å². The van der Waals surface area contributed by atoms with Crippen LogP contribution in [0, 0.1) is 6.92 Å². The van der Waals surface area contributed by atoms with Gasteiger partial charge in [0.15, 0.2) is 0 Å². The molecular formula is C18H16Cl2N2O2. The van der Waals surface area contributed by atoms with Gasteiger partial charge in [-0.05, 0) is 36.2 Å². The summed E-state index contributed by atoms with van der Waals surface area (Å²) in [5.74, 6) is -0.464. The van der Waals surface area contributed by atoms with Crippen LogP contribution in [0.25, 0.3) is 0 Å². The lowest BCUT2D eigenvalue weighted by molar-refractivity contribution is -0.128. The Morgan fingerprint density at radius 2 is 1.96 bits per heavy atom. The van der Waals surface area contributed by atoms with Gasteiger partial charge in [-0.3, -0.25) is 9.59 Å². The number of piperazine rings is 1. The third-order valence-corrected chi connectivity index (χ3v) is 4.67. The van der Waals surface area contributed by atoms with E-state index in [1.165, 1.54) is 6.07 Å². The van der Waals surface area contributed by atoms with Crippen LogP contribution in [0.1, 0.15) is 27.5 Å². The number of hydrogen-bond donors (Lipinski definition) is 1. The monoisotopic (exact) mass is 362 g/mol. The average molecular weight is 363 g/mol. The van der Waals surface area contributed by atoms with Crippen molar-refractivity contribution < 1.29 is 9.59 Å². The van der Waals surface area contributed by atoms with Gasteiger partial charge in [-0.15, -0.1) is 0 Å².